The molecule has 1 heterocycles. The van der Waals surface area contributed by atoms with Crippen LogP contribution in [0.1, 0.15) is 31.9 Å². The highest BCUT2D eigenvalue weighted by atomic mass is 32.2. The van der Waals surface area contributed by atoms with Crippen molar-refractivity contribution in [2.45, 2.75) is 31.2 Å². The summed E-state index contributed by atoms with van der Waals surface area (Å²) in [6, 6.07) is 7.37. The van der Waals surface area contributed by atoms with Gasteiger partial charge in [-0.3, -0.25) is 0 Å². The number of rotatable bonds is 7. The summed E-state index contributed by atoms with van der Waals surface area (Å²) in [7, 11) is -3.38. The van der Waals surface area contributed by atoms with Crippen LogP contribution < -0.4 is 10.0 Å². The Balaban J connectivity index is 1.99. The first-order chi connectivity index (χ1) is 10.0. The van der Waals surface area contributed by atoms with Crippen molar-refractivity contribution in [1.82, 2.24) is 10.0 Å². The fourth-order valence-corrected chi connectivity index (χ4v) is 4.82. The molecule has 1 aromatic rings. The molecule has 118 valence electrons. The molecule has 6 heteroatoms. The van der Waals surface area contributed by atoms with E-state index in [2.05, 4.69) is 23.9 Å². The van der Waals surface area contributed by atoms with Gasteiger partial charge in [0.15, 0.2) is 0 Å². The lowest BCUT2D eigenvalue weighted by molar-refractivity contribution is 0.545. The van der Waals surface area contributed by atoms with Crippen LogP contribution in [0.15, 0.2) is 29.2 Å². The molecule has 1 fully saturated rings. The van der Waals surface area contributed by atoms with Crippen LogP contribution in [0.4, 0.5) is 0 Å². The molecule has 2 atom stereocenters. The second kappa shape index (κ2) is 7.63. The molecule has 0 amide bonds. The average molecular weight is 329 g/mol. The molecule has 2 unspecified atom stereocenters. The summed E-state index contributed by atoms with van der Waals surface area (Å²) >= 11 is 1.90. The zero-order chi connectivity index (χ0) is 15.3. The van der Waals surface area contributed by atoms with Gasteiger partial charge >= 0.3 is 0 Å². The molecule has 0 radical (unpaired) electrons. The molecule has 4 nitrogen and oxygen atoms in total. The Hall–Kier alpha value is -0.560. The van der Waals surface area contributed by atoms with Gasteiger partial charge in [0.2, 0.25) is 10.0 Å². The number of benzene rings is 1. The van der Waals surface area contributed by atoms with Crippen molar-refractivity contribution in [1.29, 1.82) is 0 Å². The van der Waals surface area contributed by atoms with Gasteiger partial charge in [0.1, 0.15) is 0 Å². The van der Waals surface area contributed by atoms with E-state index in [4.69, 9.17) is 0 Å². The summed E-state index contributed by atoms with van der Waals surface area (Å²) in [4.78, 5) is 0.348. The van der Waals surface area contributed by atoms with Crippen molar-refractivity contribution < 1.29 is 8.42 Å². The van der Waals surface area contributed by atoms with Gasteiger partial charge in [0.25, 0.3) is 0 Å². The van der Waals surface area contributed by atoms with Crippen molar-refractivity contribution >= 4 is 21.8 Å². The lowest BCUT2D eigenvalue weighted by Crippen LogP contribution is -2.29. The van der Waals surface area contributed by atoms with Crippen LogP contribution >= 0.6 is 11.8 Å². The van der Waals surface area contributed by atoms with Crippen molar-refractivity contribution in [3.8, 4) is 0 Å². The quantitative estimate of drug-likeness (QED) is 0.807. The van der Waals surface area contributed by atoms with E-state index >= 15 is 0 Å². The molecule has 1 saturated heterocycles. The second-order valence-corrected chi connectivity index (χ2v) is 8.35. The van der Waals surface area contributed by atoms with Crippen LogP contribution in [0.3, 0.4) is 0 Å². The first-order valence-corrected chi connectivity index (χ1v) is 10.1. The Kier molecular flexibility index (Phi) is 6.10. The van der Waals surface area contributed by atoms with Crippen LogP contribution in [-0.2, 0) is 10.0 Å². The first kappa shape index (κ1) is 16.8. The van der Waals surface area contributed by atoms with Gasteiger partial charge in [0, 0.05) is 12.6 Å². The number of sulfonamides is 1. The van der Waals surface area contributed by atoms with Gasteiger partial charge in [-0.15, -0.1) is 0 Å². The Bertz CT molecular complexity index is 537. The number of hydrogen-bond acceptors (Lipinski definition) is 4. The van der Waals surface area contributed by atoms with Crippen LogP contribution in [0.5, 0.6) is 0 Å². The number of nitrogens with one attached hydrogen (secondary N) is 2. The van der Waals surface area contributed by atoms with Gasteiger partial charge in [-0.25, -0.2) is 13.1 Å². The highest BCUT2D eigenvalue weighted by Gasteiger charge is 2.20. The molecule has 0 saturated carbocycles. The summed E-state index contributed by atoms with van der Waals surface area (Å²) < 4.78 is 27.3. The first-order valence-electron chi connectivity index (χ1n) is 7.43. The predicted octanol–water partition coefficient (Wildman–Crippen LogP) is 2.39. The van der Waals surface area contributed by atoms with Crippen LogP contribution in [0.25, 0.3) is 0 Å². The molecule has 0 aliphatic carbocycles. The van der Waals surface area contributed by atoms with Gasteiger partial charge < -0.3 is 5.32 Å². The third kappa shape index (κ3) is 4.71. The molecular formula is C15H24N2O2S2. The maximum Gasteiger partial charge on any atom is 0.240 e. The summed E-state index contributed by atoms with van der Waals surface area (Å²) in [5, 5.41) is 3.31. The van der Waals surface area contributed by atoms with Gasteiger partial charge in [-0.05, 0) is 55.0 Å². The summed E-state index contributed by atoms with van der Waals surface area (Å²) in [6.07, 6.45) is 1.10. The smallest absolute Gasteiger partial charge is 0.240 e. The van der Waals surface area contributed by atoms with E-state index in [1.807, 2.05) is 23.9 Å². The zero-order valence-corrected chi connectivity index (χ0v) is 14.3. The monoisotopic (exact) mass is 328 g/mol. The fraction of sp³-hybridized carbons (Fsp3) is 0.600. The standard InChI is InChI=1S/C15H24N2O2S2/c1-3-16-12(2)14-4-6-15(7-5-14)21(18,19)17-10-13-8-9-20-11-13/h4-7,12-13,16-17H,3,8-11H2,1-2H3. The average Bonchev–Trinajstić information content (AvgIpc) is 2.99. The summed E-state index contributed by atoms with van der Waals surface area (Å²) in [6.45, 7) is 5.57. The van der Waals surface area contributed by atoms with E-state index in [0.29, 0.717) is 17.4 Å². The molecule has 0 aromatic heterocycles. The highest BCUT2D eigenvalue weighted by Crippen LogP contribution is 2.23. The van der Waals surface area contributed by atoms with E-state index in [9.17, 15) is 8.42 Å². The number of thioether (sulfide) groups is 1. The molecule has 0 spiro atoms. The van der Waals surface area contributed by atoms with Gasteiger partial charge in [0.05, 0.1) is 4.90 Å². The van der Waals surface area contributed by atoms with Crippen molar-refractivity contribution in [3.05, 3.63) is 29.8 Å². The third-order valence-electron chi connectivity index (χ3n) is 3.79. The SMILES string of the molecule is CCNC(C)c1ccc(S(=O)(=O)NCC2CCSC2)cc1. The third-order valence-corrected chi connectivity index (χ3v) is 6.46. The summed E-state index contributed by atoms with van der Waals surface area (Å²) in [5.74, 6) is 2.67. The molecular weight excluding hydrogens is 304 g/mol. The molecule has 1 aromatic carbocycles. The van der Waals surface area contributed by atoms with E-state index < -0.39 is 10.0 Å². The maximum absolute atomic E-state index is 12.3. The Morgan fingerprint density at radius 3 is 2.62 bits per heavy atom. The Morgan fingerprint density at radius 1 is 1.33 bits per heavy atom. The molecule has 2 N–H and O–H groups in total. The minimum absolute atomic E-state index is 0.232. The van der Waals surface area contributed by atoms with Crippen LogP contribution in [-0.4, -0.2) is 33.0 Å². The minimum atomic E-state index is -3.38. The summed E-state index contributed by atoms with van der Waals surface area (Å²) in [5.41, 5.74) is 1.10. The molecule has 1 aliphatic rings. The largest absolute Gasteiger partial charge is 0.310 e. The topological polar surface area (TPSA) is 58.2 Å². The molecule has 2 rings (SSSR count). The van der Waals surface area contributed by atoms with Gasteiger partial charge in [-0.1, -0.05) is 19.1 Å². The lowest BCUT2D eigenvalue weighted by Gasteiger charge is -2.14. The molecule has 21 heavy (non-hydrogen) atoms. The van der Waals surface area contributed by atoms with Gasteiger partial charge in [-0.2, -0.15) is 11.8 Å². The minimum Gasteiger partial charge on any atom is -0.310 e. The Morgan fingerprint density at radius 2 is 2.05 bits per heavy atom. The van der Waals surface area contributed by atoms with Crippen molar-refractivity contribution in [2.24, 2.45) is 5.92 Å². The fourth-order valence-electron chi connectivity index (χ4n) is 2.41. The van der Waals surface area contributed by atoms with E-state index in [0.717, 1.165) is 30.0 Å². The van der Waals surface area contributed by atoms with Crippen LogP contribution in [0.2, 0.25) is 0 Å². The van der Waals surface area contributed by atoms with Crippen LogP contribution in [0, 0.1) is 5.92 Å². The van der Waals surface area contributed by atoms with E-state index in [1.165, 1.54) is 0 Å². The zero-order valence-electron chi connectivity index (χ0n) is 12.6. The number of hydrogen-bond donors (Lipinski definition) is 2. The van der Waals surface area contributed by atoms with E-state index in [1.54, 1.807) is 12.1 Å². The second-order valence-electron chi connectivity index (χ2n) is 5.43. The van der Waals surface area contributed by atoms with Crippen molar-refractivity contribution in [3.63, 3.8) is 0 Å². The molecule has 0 bridgehead atoms. The van der Waals surface area contributed by atoms with E-state index in [-0.39, 0.29) is 6.04 Å². The lowest BCUT2D eigenvalue weighted by atomic mass is 10.1. The normalized spacial score (nSPS) is 20.6. The Labute approximate surface area is 132 Å². The molecule has 1 aliphatic heterocycles. The van der Waals surface area contributed by atoms with Crippen molar-refractivity contribution in [2.75, 3.05) is 24.6 Å². The maximum atomic E-state index is 12.3. The predicted molar refractivity (Wildman–Crippen MR) is 89.2 cm³/mol. The highest BCUT2D eigenvalue weighted by molar-refractivity contribution is 7.99.